The fourth-order valence-corrected chi connectivity index (χ4v) is 3.01. The van der Waals surface area contributed by atoms with E-state index in [2.05, 4.69) is 10.4 Å². The number of nitrogens with zero attached hydrogens (tertiary/aromatic N) is 2. The summed E-state index contributed by atoms with van der Waals surface area (Å²) in [6.07, 6.45) is 1.44. The molecule has 0 fully saturated rings. The maximum atomic E-state index is 13.1. The molecule has 1 amide bonds. The zero-order chi connectivity index (χ0) is 19.5. The summed E-state index contributed by atoms with van der Waals surface area (Å²) in [6, 6.07) is 20.6. The van der Waals surface area contributed by atoms with Crippen molar-refractivity contribution in [3.8, 4) is 5.69 Å². The van der Waals surface area contributed by atoms with Crippen LogP contribution >= 0.6 is 0 Å². The molecule has 1 heterocycles. The van der Waals surface area contributed by atoms with Crippen LogP contribution in [0.5, 0.6) is 0 Å². The summed E-state index contributed by atoms with van der Waals surface area (Å²) in [5, 5.41) is 8.99. The van der Waals surface area contributed by atoms with E-state index in [4.69, 9.17) is 0 Å². The molecule has 0 saturated heterocycles. The van der Waals surface area contributed by atoms with Crippen LogP contribution in [0.15, 0.2) is 83.8 Å². The molecule has 6 heteroatoms. The molecule has 0 radical (unpaired) electrons. The van der Waals surface area contributed by atoms with Gasteiger partial charge in [-0.25, -0.2) is 9.07 Å². The van der Waals surface area contributed by atoms with E-state index in [1.54, 1.807) is 0 Å². The fraction of sp³-hybridized carbons (Fsp3) is 0.0455. The molecule has 4 rings (SSSR count). The number of rotatable bonds is 4. The van der Waals surface area contributed by atoms with E-state index in [0.717, 1.165) is 16.3 Å². The SMILES string of the molecule is O=C(NCc1cccc2ccccc12)c1nn(-c2ccc(F)cc2)ccc1=O. The van der Waals surface area contributed by atoms with Crippen molar-refractivity contribution in [2.24, 2.45) is 0 Å². The maximum Gasteiger partial charge on any atom is 0.276 e. The van der Waals surface area contributed by atoms with Gasteiger partial charge in [0.1, 0.15) is 5.82 Å². The number of carbonyl (C=O) groups is 1. The Hall–Kier alpha value is -3.80. The number of fused-ring (bicyclic) bond motifs is 1. The van der Waals surface area contributed by atoms with Gasteiger partial charge in [0.05, 0.1) is 5.69 Å². The second kappa shape index (κ2) is 7.44. The monoisotopic (exact) mass is 373 g/mol. The number of nitrogens with one attached hydrogen (secondary N) is 1. The molecule has 138 valence electrons. The average molecular weight is 373 g/mol. The van der Waals surface area contributed by atoms with Gasteiger partial charge in [0.2, 0.25) is 5.43 Å². The number of benzene rings is 3. The number of amides is 1. The van der Waals surface area contributed by atoms with E-state index in [1.807, 2.05) is 42.5 Å². The molecule has 0 spiro atoms. The molecule has 28 heavy (non-hydrogen) atoms. The maximum absolute atomic E-state index is 13.1. The molecule has 0 aliphatic carbocycles. The molecule has 0 atom stereocenters. The third-order valence-electron chi connectivity index (χ3n) is 4.43. The Morgan fingerprint density at radius 3 is 2.54 bits per heavy atom. The lowest BCUT2D eigenvalue weighted by Gasteiger charge is -2.10. The van der Waals surface area contributed by atoms with E-state index in [9.17, 15) is 14.0 Å². The summed E-state index contributed by atoms with van der Waals surface area (Å²) in [4.78, 5) is 24.7. The Labute approximate surface area is 160 Å². The van der Waals surface area contributed by atoms with Crippen LogP contribution in [0.2, 0.25) is 0 Å². The summed E-state index contributed by atoms with van der Waals surface area (Å²) in [6.45, 7) is 0.271. The molecule has 0 aliphatic rings. The Balaban J connectivity index is 1.58. The van der Waals surface area contributed by atoms with Gasteiger partial charge in [0.25, 0.3) is 5.91 Å². The van der Waals surface area contributed by atoms with Crippen LogP contribution in [0.3, 0.4) is 0 Å². The fourth-order valence-electron chi connectivity index (χ4n) is 3.01. The van der Waals surface area contributed by atoms with E-state index in [-0.39, 0.29) is 18.1 Å². The minimum Gasteiger partial charge on any atom is -0.346 e. The van der Waals surface area contributed by atoms with Gasteiger partial charge in [-0.2, -0.15) is 5.10 Å². The minimum atomic E-state index is -0.561. The van der Waals surface area contributed by atoms with Crippen LogP contribution in [0.25, 0.3) is 16.5 Å². The van der Waals surface area contributed by atoms with Crippen molar-refractivity contribution >= 4 is 16.7 Å². The zero-order valence-corrected chi connectivity index (χ0v) is 14.8. The van der Waals surface area contributed by atoms with Crippen molar-refractivity contribution in [2.45, 2.75) is 6.54 Å². The van der Waals surface area contributed by atoms with Gasteiger partial charge in [-0.3, -0.25) is 9.59 Å². The first-order chi connectivity index (χ1) is 13.6. The largest absolute Gasteiger partial charge is 0.346 e. The van der Waals surface area contributed by atoms with Crippen LogP contribution in [0.4, 0.5) is 4.39 Å². The Morgan fingerprint density at radius 1 is 0.964 bits per heavy atom. The second-order valence-electron chi connectivity index (χ2n) is 6.27. The highest BCUT2D eigenvalue weighted by atomic mass is 19.1. The lowest BCUT2D eigenvalue weighted by atomic mass is 10.0. The molecule has 4 aromatic rings. The first-order valence-electron chi connectivity index (χ1n) is 8.72. The van der Waals surface area contributed by atoms with E-state index in [0.29, 0.717) is 5.69 Å². The van der Waals surface area contributed by atoms with Gasteiger partial charge in [0, 0.05) is 18.8 Å². The van der Waals surface area contributed by atoms with Gasteiger partial charge in [-0.15, -0.1) is 0 Å². The van der Waals surface area contributed by atoms with E-state index >= 15 is 0 Å². The van der Waals surface area contributed by atoms with Crippen LogP contribution in [0.1, 0.15) is 16.1 Å². The first-order valence-corrected chi connectivity index (χ1v) is 8.72. The number of aromatic nitrogens is 2. The predicted molar refractivity (Wildman–Crippen MR) is 105 cm³/mol. The minimum absolute atomic E-state index is 0.216. The van der Waals surface area contributed by atoms with Gasteiger partial charge >= 0.3 is 0 Å². The highest BCUT2D eigenvalue weighted by Gasteiger charge is 2.14. The van der Waals surface area contributed by atoms with Crippen molar-refractivity contribution in [3.05, 3.63) is 106 Å². The summed E-state index contributed by atoms with van der Waals surface area (Å²) >= 11 is 0. The molecule has 3 aromatic carbocycles. The lowest BCUT2D eigenvalue weighted by molar-refractivity contribution is 0.0943. The summed E-state index contributed by atoms with van der Waals surface area (Å²) in [7, 11) is 0. The highest BCUT2D eigenvalue weighted by Crippen LogP contribution is 2.18. The topological polar surface area (TPSA) is 64.0 Å². The Morgan fingerprint density at radius 2 is 1.71 bits per heavy atom. The predicted octanol–water partition coefficient (Wildman–Crippen LogP) is 3.45. The summed E-state index contributed by atoms with van der Waals surface area (Å²) in [5.41, 5.74) is 0.798. The molecule has 5 nitrogen and oxygen atoms in total. The third kappa shape index (κ3) is 3.53. The van der Waals surface area contributed by atoms with Gasteiger partial charge < -0.3 is 5.32 Å². The molecule has 1 N–H and O–H groups in total. The lowest BCUT2D eigenvalue weighted by Crippen LogP contribution is -2.30. The number of hydrogen-bond donors (Lipinski definition) is 1. The van der Waals surface area contributed by atoms with Crippen molar-refractivity contribution in [1.29, 1.82) is 0 Å². The van der Waals surface area contributed by atoms with E-state index in [1.165, 1.54) is 41.2 Å². The van der Waals surface area contributed by atoms with Crippen LogP contribution in [0, 0.1) is 5.82 Å². The van der Waals surface area contributed by atoms with Crippen LogP contribution in [-0.4, -0.2) is 15.7 Å². The molecule has 0 bridgehead atoms. The standard InChI is InChI=1S/C22H16FN3O2/c23-17-8-10-18(11-9-17)26-13-12-20(27)21(25-26)22(28)24-14-16-6-3-5-15-4-1-2-7-19(15)16/h1-13H,14H2,(H,24,28). The number of hydrogen-bond acceptors (Lipinski definition) is 3. The molecule has 0 unspecified atom stereocenters. The zero-order valence-electron chi connectivity index (χ0n) is 14.8. The van der Waals surface area contributed by atoms with Crippen LogP contribution < -0.4 is 10.7 Å². The normalized spacial score (nSPS) is 10.8. The first kappa shape index (κ1) is 17.6. The molecular weight excluding hydrogens is 357 g/mol. The second-order valence-corrected chi connectivity index (χ2v) is 6.27. The molecule has 0 aliphatic heterocycles. The van der Waals surface area contributed by atoms with Crippen molar-refractivity contribution in [2.75, 3.05) is 0 Å². The summed E-state index contributed by atoms with van der Waals surface area (Å²) < 4.78 is 14.5. The van der Waals surface area contributed by atoms with Gasteiger partial charge in [0.15, 0.2) is 5.69 Å². The third-order valence-corrected chi connectivity index (χ3v) is 4.43. The summed E-state index contributed by atoms with van der Waals surface area (Å²) in [5.74, 6) is -0.938. The molecular formula is C22H16FN3O2. The van der Waals surface area contributed by atoms with E-state index < -0.39 is 11.3 Å². The number of halogens is 1. The number of carbonyl (C=O) groups excluding carboxylic acids is 1. The quantitative estimate of drug-likeness (QED) is 0.596. The van der Waals surface area contributed by atoms with Gasteiger partial charge in [-0.05, 0) is 40.6 Å². The van der Waals surface area contributed by atoms with Crippen molar-refractivity contribution < 1.29 is 9.18 Å². The van der Waals surface area contributed by atoms with Crippen molar-refractivity contribution in [3.63, 3.8) is 0 Å². The Kier molecular flexibility index (Phi) is 4.68. The highest BCUT2D eigenvalue weighted by molar-refractivity contribution is 5.92. The molecule has 1 aromatic heterocycles. The van der Waals surface area contributed by atoms with Crippen molar-refractivity contribution in [1.82, 2.24) is 15.1 Å². The smallest absolute Gasteiger partial charge is 0.276 e. The molecule has 0 saturated carbocycles. The average Bonchev–Trinajstić information content (AvgIpc) is 2.73. The van der Waals surface area contributed by atoms with Gasteiger partial charge in [-0.1, -0.05) is 42.5 Å². The Bertz CT molecular complexity index is 1210. The van der Waals surface area contributed by atoms with Crippen LogP contribution in [-0.2, 0) is 6.54 Å².